The summed E-state index contributed by atoms with van der Waals surface area (Å²) in [5.41, 5.74) is 6.10. The van der Waals surface area contributed by atoms with Crippen LogP contribution in [0.15, 0.2) is 35.5 Å². The van der Waals surface area contributed by atoms with E-state index in [4.69, 9.17) is 5.73 Å². The number of halogens is 2. The van der Waals surface area contributed by atoms with Gasteiger partial charge in [0, 0.05) is 49.0 Å². The molecule has 0 atom stereocenters. The van der Waals surface area contributed by atoms with Crippen LogP contribution in [-0.2, 0) is 0 Å². The minimum atomic E-state index is -2.64. The van der Waals surface area contributed by atoms with Crippen LogP contribution in [0.4, 0.5) is 8.78 Å². The van der Waals surface area contributed by atoms with Gasteiger partial charge in [-0.1, -0.05) is 0 Å². The van der Waals surface area contributed by atoms with Crippen LogP contribution in [0.2, 0.25) is 0 Å². The number of nitrogens with one attached hydrogen (secondary N) is 1. The van der Waals surface area contributed by atoms with E-state index in [1.807, 2.05) is 0 Å². The Labute approximate surface area is 145 Å². The number of nitrogens with zero attached hydrogens (tertiary/aromatic N) is 3. The Balaban J connectivity index is 1.71. The van der Waals surface area contributed by atoms with Crippen LogP contribution in [0.25, 0.3) is 22.2 Å². The highest BCUT2D eigenvalue weighted by Gasteiger charge is 2.47. The maximum absolute atomic E-state index is 13.0. The zero-order chi connectivity index (χ0) is 18.5. The maximum atomic E-state index is 13.0. The highest BCUT2D eigenvalue weighted by molar-refractivity contribution is 6.03. The van der Waals surface area contributed by atoms with Gasteiger partial charge in [0.15, 0.2) is 5.43 Å². The highest BCUT2D eigenvalue weighted by atomic mass is 19.3. The Kier molecular flexibility index (Phi) is 3.53. The van der Waals surface area contributed by atoms with E-state index in [2.05, 4.69) is 19.9 Å². The van der Waals surface area contributed by atoms with Crippen molar-refractivity contribution in [3.8, 4) is 11.3 Å². The molecule has 3 heterocycles. The lowest BCUT2D eigenvalue weighted by atomic mass is 9.81. The Hall–Kier alpha value is -3.23. The summed E-state index contributed by atoms with van der Waals surface area (Å²) in [5, 5.41) is 0.109. The number of primary amides is 1. The number of nitrogens with two attached hydrogens (primary N) is 1. The zero-order valence-corrected chi connectivity index (χ0v) is 13.4. The number of rotatable bonds is 3. The maximum Gasteiger partial charge on any atom is 0.268 e. The first-order valence-corrected chi connectivity index (χ1v) is 7.86. The molecule has 1 fully saturated rings. The molecule has 0 saturated heterocycles. The summed E-state index contributed by atoms with van der Waals surface area (Å²) in [5.74, 6) is -3.41. The van der Waals surface area contributed by atoms with Crippen LogP contribution < -0.4 is 11.2 Å². The second kappa shape index (κ2) is 5.65. The second-order valence-corrected chi connectivity index (χ2v) is 6.28. The van der Waals surface area contributed by atoms with E-state index < -0.39 is 17.3 Å². The van der Waals surface area contributed by atoms with Gasteiger partial charge in [-0.3, -0.25) is 14.6 Å². The molecule has 4 rings (SSSR count). The quantitative estimate of drug-likeness (QED) is 0.744. The van der Waals surface area contributed by atoms with Gasteiger partial charge in [0.1, 0.15) is 11.5 Å². The summed E-state index contributed by atoms with van der Waals surface area (Å²) in [6.45, 7) is 0. The molecule has 1 saturated carbocycles. The van der Waals surface area contributed by atoms with Crippen LogP contribution in [0.5, 0.6) is 0 Å². The van der Waals surface area contributed by atoms with E-state index in [0.717, 1.165) is 0 Å². The summed E-state index contributed by atoms with van der Waals surface area (Å²) in [6, 6.07) is 2.85. The topological polar surface area (TPSA) is 115 Å². The highest BCUT2D eigenvalue weighted by Crippen LogP contribution is 2.47. The summed E-state index contributed by atoms with van der Waals surface area (Å²) in [4.78, 5) is 39.0. The van der Waals surface area contributed by atoms with Crippen molar-refractivity contribution in [2.75, 3.05) is 0 Å². The molecule has 7 nitrogen and oxygen atoms in total. The molecule has 0 unspecified atom stereocenters. The number of hydrogen-bond donors (Lipinski definition) is 2. The molecule has 0 spiro atoms. The summed E-state index contributed by atoms with van der Waals surface area (Å²) >= 11 is 0. The van der Waals surface area contributed by atoms with Gasteiger partial charge < -0.3 is 10.7 Å². The number of alkyl halides is 2. The van der Waals surface area contributed by atoms with E-state index in [0.29, 0.717) is 22.6 Å². The number of aromatic amines is 1. The fourth-order valence-electron chi connectivity index (χ4n) is 3.07. The number of amides is 1. The first kappa shape index (κ1) is 16.2. The lowest BCUT2D eigenvalue weighted by molar-refractivity contribution is -0.0885. The number of carbonyl (C=O) groups excluding carboxylic acids is 1. The van der Waals surface area contributed by atoms with Gasteiger partial charge in [-0.05, 0) is 6.07 Å². The van der Waals surface area contributed by atoms with E-state index in [9.17, 15) is 18.4 Å². The standard InChI is InChI=1S/C17H13F2N5O2/c18-17(19)4-8(5-17)16-22-6-9(7-23-16)11-3-12(25)13-10(24-11)1-2-21-14(13)15(20)26/h1-3,6-8H,4-5H2,(H2,20,26)(H,24,25). The molecule has 3 N–H and O–H groups in total. The normalized spacial score (nSPS) is 16.4. The Morgan fingerprint density at radius 2 is 1.92 bits per heavy atom. The molecule has 0 bridgehead atoms. The van der Waals surface area contributed by atoms with Gasteiger partial charge in [-0.15, -0.1) is 0 Å². The number of hydrogen-bond acceptors (Lipinski definition) is 5. The van der Waals surface area contributed by atoms with Crippen molar-refractivity contribution in [1.29, 1.82) is 0 Å². The predicted octanol–water partition coefficient (Wildman–Crippen LogP) is 1.99. The Morgan fingerprint density at radius 3 is 2.54 bits per heavy atom. The largest absolute Gasteiger partial charge is 0.364 e. The zero-order valence-electron chi connectivity index (χ0n) is 13.4. The summed E-state index contributed by atoms with van der Waals surface area (Å²) < 4.78 is 25.9. The lowest BCUT2D eigenvalue weighted by Gasteiger charge is -2.33. The third-order valence-corrected chi connectivity index (χ3v) is 4.41. The lowest BCUT2D eigenvalue weighted by Crippen LogP contribution is -2.34. The molecular formula is C17H13F2N5O2. The van der Waals surface area contributed by atoms with E-state index in [1.165, 1.54) is 24.7 Å². The monoisotopic (exact) mass is 357 g/mol. The predicted molar refractivity (Wildman–Crippen MR) is 88.8 cm³/mol. The molecular weight excluding hydrogens is 344 g/mol. The summed E-state index contributed by atoms with van der Waals surface area (Å²) in [7, 11) is 0. The number of H-pyrrole nitrogens is 1. The second-order valence-electron chi connectivity index (χ2n) is 6.28. The molecule has 3 aromatic heterocycles. The molecule has 0 aromatic carbocycles. The van der Waals surface area contributed by atoms with Crippen LogP contribution in [-0.4, -0.2) is 31.8 Å². The molecule has 26 heavy (non-hydrogen) atoms. The Bertz CT molecular complexity index is 1070. The fourth-order valence-corrected chi connectivity index (χ4v) is 3.07. The van der Waals surface area contributed by atoms with Crippen molar-refractivity contribution in [2.24, 2.45) is 5.73 Å². The van der Waals surface area contributed by atoms with E-state index >= 15 is 0 Å². The molecule has 3 aromatic rings. The third-order valence-electron chi connectivity index (χ3n) is 4.41. The first-order chi connectivity index (χ1) is 12.3. The fraction of sp³-hybridized carbons (Fsp3) is 0.235. The van der Waals surface area contributed by atoms with Crippen molar-refractivity contribution in [3.63, 3.8) is 0 Å². The van der Waals surface area contributed by atoms with Crippen molar-refractivity contribution in [3.05, 3.63) is 52.5 Å². The minimum absolute atomic E-state index is 0.104. The molecule has 132 valence electrons. The molecule has 0 radical (unpaired) electrons. The minimum Gasteiger partial charge on any atom is -0.364 e. The molecule has 1 amide bonds. The van der Waals surface area contributed by atoms with Crippen LogP contribution in [0.3, 0.4) is 0 Å². The van der Waals surface area contributed by atoms with E-state index in [-0.39, 0.29) is 29.8 Å². The number of pyridine rings is 2. The number of carbonyl (C=O) groups is 1. The van der Waals surface area contributed by atoms with E-state index in [1.54, 1.807) is 6.07 Å². The number of fused-ring (bicyclic) bond motifs is 1. The average molecular weight is 357 g/mol. The van der Waals surface area contributed by atoms with Crippen molar-refractivity contribution in [1.82, 2.24) is 19.9 Å². The van der Waals surface area contributed by atoms with Crippen LogP contribution in [0.1, 0.15) is 35.1 Å². The molecule has 9 heteroatoms. The summed E-state index contributed by atoms with van der Waals surface area (Å²) in [6.07, 6.45) is 3.83. The molecule has 1 aliphatic carbocycles. The van der Waals surface area contributed by atoms with Crippen LogP contribution in [0, 0.1) is 0 Å². The van der Waals surface area contributed by atoms with Gasteiger partial charge >= 0.3 is 0 Å². The van der Waals surface area contributed by atoms with Gasteiger partial charge in [0.25, 0.3) is 5.91 Å². The first-order valence-electron chi connectivity index (χ1n) is 7.86. The SMILES string of the molecule is NC(=O)c1nccc2[nH]c(-c3cnc(C4CC(F)(F)C4)nc3)cc(=O)c12. The van der Waals surface area contributed by atoms with Gasteiger partial charge in [0.05, 0.1) is 16.6 Å². The Morgan fingerprint density at radius 1 is 1.23 bits per heavy atom. The van der Waals surface area contributed by atoms with Crippen molar-refractivity contribution < 1.29 is 13.6 Å². The smallest absolute Gasteiger partial charge is 0.268 e. The third kappa shape index (κ3) is 2.71. The van der Waals surface area contributed by atoms with Gasteiger partial charge in [-0.25, -0.2) is 18.7 Å². The van der Waals surface area contributed by atoms with Crippen molar-refractivity contribution >= 4 is 16.8 Å². The van der Waals surface area contributed by atoms with Crippen molar-refractivity contribution in [2.45, 2.75) is 24.7 Å². The van der Waals surface area contributed by atoms with Gasteiger partial charge in [0.2, 0.25) is 5.92 Å². The van der Waals surface area contributed by atoms with Crippen LogP contribution >= 0.6 is 0 Å². The molecule has 0 aliphatic heterocycles. The average Bonchev–Trinajstić information content (AvgIpc) is 2.59. The molecule has 1 aliphatic rings. The van der Waals surface area contributed by atoms with Gasteiger partial charge in [-0.2, -0.15) is 0 Å². The number of aromatic nitrogens is 4.